The Hall–Kier alpha value is -1.43. The van der Waals surface area contributed by atoms with E-state index in [0.717, 1.165) is 12.0 Å². The van der Waals surface area contributed by atoms with E-state index in [1.165, 1.54) is 7.11 Å². The second-order valence-electron chi connectivity index (χ2n) is 4.81. The number of methoxy groups -OCH3 is 1. The summed E-state index contributed by atoms with van der Waals surface area (Å²) in [5, 5.41) is 2.94. The highest BCUT2D eigenvalue weighted by atomic mass is 16.5. The van der Waals surface area contributed by atoms with E-state index < -0.39 is 0 Å². The molecule has 5 nitrogen and oxygen atoms in total. The van der Waals surface area contributed by atoms with Crippen molar-refractivity contribution in [3.05, 3.63) is 35.9 Å². The second-order valence-corrected chi connectivity index (χ2v) is 4.81. The summed E-state index contributed by atoms with van der Waals surface area (Å²) in [5.74, 6) is -0.118. The van der Waals surface area contributed by atoms with Crippen LogP contribution in [0.1, 0.15) is 12.0 Å². The Morgan fingerprint density at radius 1 is 1.40 bits per heavy atom. The fraction of sp³-hybridized carbons (Fsp3) is 0.533. The molecule has 0 aliphatic carbocycles. The lowest BCUT2D eigenvalue weighted by atomic mass is 10.1. The first-order chi connectivity index (χ1) is 9.79. The number of benzene rings is 1. The lowest BCUT2D eigenvalue weighted by molar-refractivity contribution is -0.130. The minimum Gasteiger partial charge on any atom is -0.379 e. The van der Waals surface area contributed by atoms with Crippen molar-refractivity contribution in [2.45, 2.75) is 25.2 Å². The third-order valence-electron chi connectivity index (χ3n) is 3.23. The number of carbonyl (C=O) groups excluding carboxylic acids is 1. The molecule has 5 heteroatoms. The molecule has 1 heterocycles. The van der Waals surface area contributed by atoms with Crippen molar-refractivity contribution in [2.75, 3.05) is 26.9 Å². The van der Waals surface area contributed by atoms with Gasteiger partial charge in [0.1, 0.15) is 12.7 Å². The van der Waals surface area contributed by atoms with E-state index in [1.54, 1.807) is 0 Å². The van der Waals surface area contributed by atoms with E-state index in [9.17, 15) is 4.79 Å². The van der Waals surface area contributed by atoms with Crippen molar-refractivity contribution in [1.82, 2.24) is 5.32 Å². The number of carbonyl (C=O) groups is 1. The molecule has 110 valence electrons. The molecule has 0 bridgehead atoms. The molecule has 0 unspecified atom stereocenters. The lowest BCUT2D eigenvalue weighted by Crippen LogP contribution is -2.50. The molecule has 0 saturated carbocycles. The van der Waals surface area contributed by atoms with Crippen LogP contribution in [0, 0.1) is 0 Å². The maximum absolute atomic E-state index is 11.6. The van der Waals surface area contributed by atoms with Gasteiger partial charge in [0, 0.05) is 13.7 Å². The standard InChI is InChI=1S/C15H21NO4/c1-18-11-15(17)16-13-7-8-19-10-14(13)20-9-12-5-3-2-4-6-12/h2-6,13-14H,7-11H2,1H3,(H,16,17)/t13-,14-/m1/s1. The fourth-order valence-electron chi connectivity index (χ4n) is 2.20. The third kappa shape index (κ3) is 4.59. The highest BCUT2D eigenvalue weighted by molar-refractivity contribution is 5.77. The maximum Gasteiger partial charge on any atom is 0.246 e. The van der Waals surface area contributed by atoms with Gasteiger partial charge in [-0.2, -0.15) is 0 Å². The second kappa shape index (κ2) is 7.99. The number of hydrogen-bond acceptors (Lipinski definition) is 4. The summed E-state index contributed by atoms with van der Waals surface area (Å²) in [7, 11) is 1.51. The molecule has 1 fully saturated rings. The largest absolute Gasteiger partial charge is 0.379 e. The van der Waals surface area contributed by atoms with Gasteiger partial charge in [-0.1, -0.05) is 30.3 Å². The van der Waals surface area contributed by atoms with Crippen LogP contribution in [0.25, 0.3) is 0 Å². The SMILES string of the molecule is COCC(=O)N[C@@H]1CCOC[C@H]1OCc1ccccc1. The van der Waals surface area contributed by atoms with Crippen LogP contribution in [0.3, 0.4) is 0 Å². The van der Waals surface area contributed by atoms with Gasteiger partial charge in [-0.15, -0.1) is 0 Å². The minimum absolute atomic E-state index is 0.0184. The normalized spacial score (nSPS) is 22.4. The van der Waals surface area contributed by atoms with E-state index in [1.807, 2.05) is 30.3 Å². The van der Waals surface area contributed by atoms with E-state index in [-0.39, 0.29) is 24.7 Å². The summed E-state index contributed by atoms with van der Waals surface area (Å²) in [4.78, 5) is 11.6. The van der Waals surface area contributed by atoms with Gasteiger partial charge >= 0.3 is 0 Å². The average molecular weight is 279 g/mol. The van der Waals surface area contributed by atoms with Crippen molar-refractivity contribution in [2.24, 2.45) is 0 Å². The molecular formula is C15H21NO4. The Bertz CT molecular complexity index is 410. The van der Waals surface area contributed by atoms with Crippen molar-refractivity contribution in [3.63, 3.8) is 0 Å². The molecular weight excluding hydrogens is 258 g/mol. The molecule has 1 aromatic rings. The minimum atomic E-state index is -0.121. The first-order valence-electron chi connectivity index (χ1n) is 6.81. The molecule has 2 atom stereocenters. The van der Waals surface area contributed by atoms with E-state index in [0.29, 0.717) is 19.8 Å². The van der Waals surface area contributed by atoms with Gasteiger partial charge < -0.3 is 19.5 Å². The van der Waals surface area contributed by atoms with Gasteiger partial charge in [0.25, 0.3) is 0 Å². The summed E-state index contributed by atoms with van der Waals surface area (Å²) >= 11 is 0. The number of amides is 1. The molecule has 1 saturated heterocycles. The number of nitrogens with one attached hydrogen (secondary N) is 1. The Balaban J connectivity index is 1.85. The van der Waals surface area contributed by atoms with Crippen LogP contribution >= 0.6 is 0 Å². The number of ether oxygens (including phenoxy) is 3. The van der Waals surface area contributed by atoms with Gasteiger partial charge in [-0.25, -0.2) is 0 Å². The zero-order valence-corrected chi connectivity index (χ0v) is 11.7. The quantitative estimate of drug-likeness (QED) is 0.848. The summed E-state index contributed by atoms with van der Waals surface area (Å²) in [6.07, 6.45) is 0.638. The van der Waals surface area contributed by atoms with E-state index >= 15 is 0 Å². The van der Waals surface area contributed by atoms with Crippen LogP contribution < -0.4 is 5.32 Å². The lowest BCUT2D eigenvalue weighted by Gasteiger charge is -2.32. The maximum atomic E-state index is 11.6. The molecule has 20 heavy (non-hydrogen) atoms. The topological polar surface area (TPSA) is 56.8 Å². The number of rotatable bonds is 6. The molecule has 0 radical (unpaired) electrons. The summed E-state index contributed by atoms with van der Waals surface area (Å²) < 4.78 is 16.1. The fourth-order valence-corrected chi connectivity index (χ4v) is 2.20. The third-order valence-corrected chi connectivity index (χ3v) is 3.23. The Kier molecular flexibility index (Phi) is 5.98. The van der Waals surface area contributed by atoms with Gasteiger partial charge in [-0.3, -0.25) is 4.79 Å². The van der Waals surface area contributed by atoms with Gasteiger partial charge in [0.2, 0.25) is 5.91 Å². The van der Waals surface area contributed by atoms with Crippen molar-refractivity contribution in [3.8, 4) is 0 Å². The van der Waals surface area contributed by atoms with E-state index in [2.05, 4.69) is 5.32 Å². The van der Waals surface area contributed by atoms with Crippen LogP contribution in [-0.4, -0.2) is 45.0 Å². The Labute approximate surface area is 119 Å². The van der Waals surface area contributed by atoms with Crippen LogP contribution in [-0.2, 0) is 25.6 Å². The molecule has 1 aromatic carbocycles. The molecule has 1 aliphatic heterocycles. The van der Waals surface area contributed by atoms with Crippen LogP contribution in [0.4, 0.5) is 0 Å². The molecule has 1 aliphatic rings. The Morgan fingerprint density at radius 3 is 2.95 bits per heavy atom. The smallest absolute Gasteiger partial charge is 0.246 e. The predicted octanol–water partition coefficient (Wildman–Crippen LogP) is 1.12. The zero-order valence-electron chi connectivity index (χ0n) is 11.7. The van der Waals surface area contributed by atoms with Gasteiger partial charge in [0.05, 0.1) is 19.3 Å². The van der Waals surface area contributed by atoms with Gasteiger partial charge in [0.15, 0.2) is 0 Å². The van der Waals surface area contributed by atoms with Crippen molar-refractivity contribution >= 4 is 5.91 Å². The molecule has 0 spiro atoms. The van der Waals surface area contributed by atoms with Crippen molar-refractivity contribution in [1.29, 1.82) is 0 Å². The van der Waals surface area contributed by atoms with Crippen LogP contribution in [0.2, 0.25) is 0 Å². The summed E-state index contributed by atoms with van der Waals surface area (Å²) in [6.45, 7) is 1.74. The summed E-state index contributed by atoms with van der Waals surface area (Å²) in [6, 6.07) is 9.95. The predicted molar refractivity (Wildman–Crippen MR) is 74.3 cm³/mol. The van der Waals surface area contributed by atoms with Gasteiger partial charge in [-0.05, 0) is 12.0 Å². The summed E-state index contributed by atoms with van der Waals surface area (Å²) in [5.41, 5.74) is 1.11. The van der Waals surface area contributed by atoms with Crippen LogP contribution in [0.15, 0.2) is 30.3 Å². The number of hydrogen-bond donors (Lipinski definition) is 1. The first kappa shape index (κ1) is 15.0. The first-order valence-corrected chi connectivity index (χ1v) is 6.81. The highest BCUT2D eigenvalue weighted by Crippen LogP contribution is 2.14. The molecule has 2 rings (SSSR count). The van der Waals surface area contributed by atoms with Crippen LogP contribution in [0.5, 0.6) is 0 Å². The Morgan fingerprint density at radius 2 is 2.20 bits per heavy atom. The average Bonchev–Trinajstić information content (AvgIpc) is 2.48. The molecule has 1 amide bonds. The zero-order chi connectivity index (χ0) is 14.2. The monoisotopic (exact) mass is 279 g/mol. The molecule has 1 N–H and O–H groups in total. The van der Waals surface area contributed by atoms with E-state index in [4.69, 9.17) is 14.2 Å². The molecule has 0 aromatic heterocycles. The van der Waals surface area contributed by atoms with Crippen molar-refractivity contribution < 1.29 is 19.0 Å². The highest BCUT2D eigenvalue weighted by Gasteiger charge is 2.27.